The predicted molar refractivity (Wildman–Crippen MR) is 74.4 cm³/mol. The maximum absolute atomic E-state index is 11.9. The van der Waals surface area contributed by atoms with Crippen molar-refractivity contribution < 1.29 is 23.5 Å². The van der Waals surface area contributed by atoms with Gasteiger partial charge in [0.05, 0.1) is 13.2 Å². The maximum Gasteiger partial charge on any atom is 0.335 e. The molecule has 0 amide bonds. The first-order valence-corrected chi connectivity index (χ1v) is 9.73. The summed E-state index contributed by atoms with van der Waals surface area (Å²) in [6.45, 7) is 9.03. The topological polar surface area (TPSA) is 111 Å². The van der Waals surface area contributed by atoms with Gasteiger partial charge in [-0.05, 0) is 39.0 Å². The molecule has 0 aliphatic carbocycles. The monoisotopic (exact) mass is 303 g/mol. The lowest BCUT2D eigenvalue weighted by Crippen LogP contribution is -2.47. The van der Waals surface area contributed by atoms with Crippen molar-refractivity contribution in [2.75, 3.05) is 13.2 Å². The number of nitrogens with zero attached hydrogens (tertiary/aromatic N) is 3. The summed E-state index contributed by atoms with van der Waals surface area (Å²) in [5.41, 5.74) is 8.57. The minimum Gasteiger partial charge on any atom is -0.466 e. The van der Waals surface area contributed by atoms with E-state index in [1.54, 1.807) is 13.8 Å². The third-order valence-electron chi connectivity index (χ3n) is 1.99. The Bertz CT molecular complexity index is 390. The van der Waals surface area contributed by atoms with Crippen LogP contribution in [0.1, 0.15) is 13.8 Å². The van der Waals surface area contributed by atoms with Gasteiger partial charge in [0.15, 0.2) is 20.5 Å². The Morgan fingerprint density at radius 2 is 1.65 bits per heavy atom. The minimum atomic E-state index is -2.16. The summed E-state index contributed by atoms with van der Waals surface area (Å²) in [5.74, 6) is -1.54. The lowest BCUT2D eigenvalue weighted by molar-refractivity contribution is -0.160. The molecule has 0 radical (unpaired) electrons. The van der Waals surface area contributed by atoms with Crippen molar-refractivity contribution >= 4 is 20.3 Å². The van der Waals surface area contributed by atoms with Crippen LogP contribution in [-0.2, 0) is 23.5 Å². The largest absolute Gasteiger partial charge is 0.466 e. The quantitative estimate of drug-likeness (QED) is 0.224. The minimum absolute atomic E-state index is 0.110. The SMILES string of the molecule is CCOC(=O)[C@@H](N=[N+]=[N-])[C@@H](O[Si](C)(C)C)C(=O)OCC. The van der Waals surface area contributed by atoms with E-state index in [9.17, 15) is 9.59 Å². The Kier molecular flexibility index (Phi) is 7.89. The van der Waals surface area contributed by atoms with Crippen molar-refractivity contribution in [1.29, 1.82) is 0 Å². The summed E-state index contributed by atoms with van der Waals surface area (Å²) < 4.78 is 15.3. The van der Waals surface area contributed by atoms with Gasteiger partial charge in [0, 0.05) is 4.91 Å². The number of esters is 2. The van der Waals surface area contributed by atoms with E-state index in [0.717, 1.165) is 0 Å². The molecule has 8 nitrogen and oxygen atoms in total. The average molecular weight is 303 g/mol. The fraction of sp³-hybridized carbons (Fsp3) is 0.818. The van der Waals surface area contributed by atoms with Crippen LogP contribution in [-0.4, -0.2) is 45.6 Å². The van der Waals surface area contributed by atoms with Crippen LogP contribution in [0.15, 0.2) is 5.11 Å². The van der Waals surface area contributed by atoms with E-state index < -0.39 is 32.4 Å². The molecule has 0 rings (SSSR count). The highest BCUT2D eigenvalue weighted by Crippen LogP contribution is 2.16. The zero-order chi connectivity index (χ0) is 15.8. The number of hydrogen-bond donors (Lipinski definition) is 0. The summed E-state index contributed by atoms with van der Waals surface area (Å²) >= 11 is 0. The molecule has 0 aliphatic rings. The Hall–Kier alpha value is -1.57. The second-order valence-electron chi connectivity index (χ2n) is 4.80. The second kappa shape index (κ2) is 8.57. The van der Waals surface area contributed by atoms with Crippen LogP contribution in [0, 0.1) is 0 Å². The summed E-state index contributed by atoms with van der Waals surface area (Å²) in [6, 6.07) is -1.38. The first kappa shape index (κ1) is 18.4. The number of carbonyl (C=O) groups is 2. The molecule has 2 atom stereocenters. The van der Waals surface area contributed by atoms with E-state index in [1.165, 1.54) is 0 Å². The van der Waals surface area contributed by atoms with Gasteiger partial charge in [-0.3, -0.25) is 4.79 Å². The number of azide groups is 1. The zero-order valence-electron chi connectivity index (χ0n) is 12.5. The highest BCUT2D eigenvalue weighted by atomic mass is 28.4. The molecule has 0 unspecified atom stereocenters. The van der Waals surface area contributed by atoms with Gasteiger partial charge in [0.2, 0.25) is 0 Å². The maximum atomic E-state index is 11.9. The van der Waals surface area contributed by atoms with Gasteiger partial charge in [0.1, 0.15) is 0 Å². The van der Waals surface area contributed by atoms with Gasteiger partial charge >= 0.3 is 11.9 Å². The van der Waals surface area contributed by atoms with Crippen LogP contribution in [0.25, 0.3) is 10.4 Å². The van der Waals surface area contributed by atoms with Gasteiger partial charge in [-0.15, -0.1) is 0 Å². The Morgan fingerprint density at radius 3 is 2.05 bits per heavy atom. The Morgan fingerprint density at radius 1 is 1.15 bits per heavy atom. The molecule has 20 heavy (non-hydrogen) atoms. The Balaban J connectivity index is 5.34. The van der Waals surface area contributed by atoms with E-state index in [1.807, 2.05) is 19.6 Å². The van der Waals surface area contributed by atoms with E-state index >= 15 is 0 Å². The van der Waals surface area contributed by atoms with Gasteiger partial charge in [0.25, 0.3) is 0 Å². The first-order chi connectivity index (χ1) is 9.26. The molecule has 0 aromatic carbocycles. The second-order valence-corrected chi connectivity index (χ2v) is 9.27. The molecule has 0 spiro atoms. The third kappa shape index (κ3) is 6.55. The van der Waals surface area contributed by atoms with Crippen LogP contribution in [0.4, 0.5) is 0 Å². The molecule has 0 aromatic heterocycles. The number of rotatable bonds is 8. The van der Waals surface area contributed by atoms with E-state index in [0.29, 0.717) is 0 Å². The molecule has 114 valence electrons. The summed E-state index contributed by atoms with van der Waals surface area (Å²) in [4.78, 5) is 26.3. The van der Waals surface area contributed by atoms with Gasteiger partial charge < -0.3 is 13.9 Å². The lowest BCUT2D eigenvalue weighted by atomic mass is 10.2. The standard InChI is InChI=1S/C11H21N3O5Si/c1-6-17-10(15)8(13-14-12)9(11(16)18-7-2)19-20(3,4)5/h8-9H,6-7H2,1-5H3/t8-,9+/m0/s1. The van der Waals surface area contributed by atoms with Gasteiger partial charge in [-0.25, -0.2) is 4.79 Å². The van der Waals surface area contributed by atoms with Crippen molar-refractivity contribution in [3.05, 3.63) is 10.4 Å². The first-order valence-electron chi connectivity index (χ1n) is 6.32. The van der Waals surface area contributed by atoms with Crippen molar-refractivity contribution in [3.63, 3.8) is 0 Å². The highest BCUT2D eigenvalue weighted by molar-refractivity contribution is 6.69. The van der Waals surface area contributed by atoms with Crippen molar-refractivity contribution in [2.45, 2.75) is 45.6 Å². The molecule has 0 saturated carbocycles. The van der Waals surface area contributed by atoms with Gasteiger partial charge in [-0.1, -0.05) is 5.11 Å². The molecule has 0 N–H and O–H groups in total. The lowest BCUT2D eigenvalue weighted by Gasteiger charge is -2.27. The Labute approximate surface area is 119 Å². The fourth-order valence-corrected chi connectivity index (χ4v) is 2.35. The molecule has 0 bridgehead atoms. The molecule has 0 fully saturated rings. The smallest absolute Gasteiger partial charge is 0.335 e. The van der Waals surface area contributed by atoms with Crippen LogP contribution in [0.3, 0.4) is 0 Å². The number of carbonyl (C=O) groups excluding carboxylic acids is 2. The molecule has 0 aromatic rings. The van der Waals surface area contributed by atoms with Crippen LogP contribution >= 0.6 is 0 Å². The van der Waals surface area contributed by atoms with Crippen LogP contribution in [0.2, 0.25) is 19.6 Å². The molecule has 0 aliphatic heterocycles. The van der Waals surface area contributed by atoms with Crippen LogP contribution in [0.5, 0.6) is 0 Å². The molecule has 9 heteroatoms. The summed E-state index contributed by atoms with van der Waals surface area (Å²) in [7, 11) is -2.16. The zero-order valence-corrected chi connectivity index (χ0v) is 13.5. The third-order valence-corrected chi connectivity index (χ3v) is 2.95. The number of ether oxygens (including phenoxy) is 2. The van der Waals surface area contributed by atoms with Crippen molar-refractivity contribution in [2.24, 2.45) is 5.11 Å². The molecule has 0 heterocycles. The number of hydrogen-bond acceptors (Lipinski definition) is 6. The van der Waals surface area contributed by atoms with E-state index in [-0.39, 0.29) is 13.2 Å². The highest BCUT2D eigenvalue weighted by Gasteiger charge is 2.39. The van der Waals surface area contributed by atoms with Crippen molar-refractivity contribution in [1.82, 2.24) is 0 Å². The van der Waals surface area contributed by atoms with Crippen molar-refractivity contribution in [3.8, 4) is 0 Å². The molecule has 0 saturated heterocycles. The summed E-state index contributed by atoms with van der Waals surface area (Å²) in [6.07, 6.45) is -1.28. The normalized spacial score (nSPS) is 13.8. The fourth-order valence-electron chi connectivity index (χ4n) is 1.36. The van der Waals surface area contributed by atoms with E-state index in [2.05, 4.69) is 10.0 Å². The van der Waals surface area contributed by atoms with Crippen LogP contribution < -0.4 is 0 Å². The molecular formula is C11H21N3O5Si. The summed E-state index contributed by atoms with van der Waals surface area (Å²) in [5, 5.41) is 3.33. The van der Waals surface area contributed by atoms with E-state index in [4.69, 9.17) is 19.4 Å². The molecular weight excluding hydrogens is 282 g/mol. The predicted octanol–water partition coefficient (Wildman–Crippen LogP) is 2.01. The average Bonchev–Trinajstić information content (AvgIpc) is 2.32. The van der Waals surface area contributed by atoms with Gasteiger partial charge in [-0.2, -0.15) is 0 Å².